The molecule has 0 aliphatic rings. The number of aliphatic hydroxyl groups excluding tert-OH is 1. The number of rotatable bonds is 6. The first kappa shape index (κ1) is 13.0. The van der Waals surface area contributed by atoms with Crippen molar-refractivity contribution in [3.8, 4) is 0 Å². The van der Waals surface area contributed by atoms with Crippen molar-refractivity contribution in [3.05, 3.63) is 39.9 Å². The number of hydrogen-bond acceptors (Lipinski definition) is 4. The zero-order valence-corrected chi connectivity index (χ0v) is 9.94. The molecule has 0 saturated heterocycles. The van der Waals surface area contributed by atoms with E-state index in [2.05, 4.69) is 0 Å². The largest absolute Gasteiger partial charge is 0.396 e. The first-order valence-corrected chi connectivity index (χ1v) is 6.21. The van der Waals surface area contributed by atoms with E-state index in [0.717, 1.165) is 17.1 Å². The second-order valence-corrected chi connectivity index (χ2v) is 4.76. The van der Waals surface area contributed by atoms with Crippen LogP contribution in [0.25, 0.3) is 0 Å². The van der Waals surface area contributed by atoms with E-state index in [4.69, 9.17) is 5.11 Å². The Kier molecular flexibility index (Phi) is 5.28. The second kappa shape index (κ2) is 6.50. The summed E-state index contributed by atoms with van der Waals surface area (Å²) >= 11 is 1.72. The van der Waals surface area contributed by atoms with Gasteiger partial charge in [0.2, 0.25) is 0 Å². The number of aliphatic hydroxyl groups is 1. The molecule has 16 heavy (non-hydrogen) atoms. The lowest BCUT2D eigenvalue weighted by molar-refractivity contribution is -0.384. The minimum atomic E-state index is -0.398. The molecular formula is C11H15NO3S. The Morgan fingerprint density at radius 2 is 2.06 bits per heavy atom. The van der Waals surface area contributed by atoms with Crippen LogP contribution in [0.1, 0.15) is 12.5 Å². The van der Waals surface area contributed by atoms with Crippen LogP contribution >= 0.6 is 11.8 Å². The van der Waals surface area contributed by atoms with Gasteiger partial charge in [-0.15, -0.1) is 0 Å². The van der Waals surface area contributed by atoms with Gasteiger partial charge in [0.15, 0.2) is 0 Å². The van der Waals surface area contributed by atoms with Crippen LogP contribution < -0.4 is 0 Å². The number of nitro benzene ring substituents is 1. The Morgan fingerprint density at radius 1 is 1.44 bits per heavy atom. The quantitative estimate of drug-likeness (QED) is 0.613. The molecule has 1 aromatic carbocycles. The van der Waals surface area contributed by atoms with Gasteiger partial charge in [-0.2, -0.15) is 11.8 Å². The van der Waals surface area contributed by atoms with Crippen molar-refractivity contribution in [1.29, 1.82) is 0 Å². The molecule has 0 aromatic heterocycles. The molecule has 1 aromatic rings. The van der Waals surface area contributed by atoms with Gasteiger partial charge in [0.1, 0.15) is 0 Å². The van der Waals surface area contributed by atoms with E-state index < -0.39 is 4.92 Å². The summed E-state index contributed by atoms with van der Waals surface area (Å²) in [4.78, 5) is 10.0. The SMILES string of the molecule is CC(CO)CSCc1ccc([N+](=O)[O-])cc1. The third kappa shape index (κ3) is 4.20. The maximum atomic E-state index is 10.4. The van der Waals surface area contributed by atoms with E-state index in [9.17, 15) is 10.1 Å². The van der Waals surface area contributed by atoms with Gasteiger partial charge >= 0.3 is 0 Å². The van der Waals surface area contributed by atoms with Gasteiger partial charge < -0.3 is 5.11 Å². The highest BCUT2D eigenvalue weighted by Crippen LogP contribution is 2.18. The molecule has 0 spiro atoms. The van der Waals surface area contributed by atoms with Crippen LogP contribution in [-0.2, 0) is 5.75 Å². The molecule has 1 atom stereocenters. The molecule has 0 saturated carbocycles. The Morgan fingerprint density at radius 3 is 2.56 bits per heavy atom. The van der Waals surface area contributed by atoms with Crippen LogP contribution in [0.5, 0.6) is 0 Å². The summed E-state index contributed by atoms with van der Waals surface area (Å²) in [6.45, 7) is 2.19. The van der Waals surface area contributed by atoms with Crippen molar-refractivity contribution in [2.24, 2.45) is 5.92 Å². The molecule has 0 aliphatic carbocycles. The van der Waals surface area contributed by atoms with E-state index in [1.165, 1.54) is 12.1 Å². The van der Waals surface area contributed by atoms with Crippen molar-refractivity contribution < 1.29 is 10.0 Å². The monoisotopic (exact) mass is 241 g/mol. The zero-order chi connectivity index (χ0) is 12.0. The minimum Gasteiger partial charge on any atom is -0.396 e. The third-order valence-electron chi connectivity index (χ3n) is 2.13. The highest BCUT2D eigenvalue weighted by molar-refractivity contribution is 7.98. The molecule has 88 valence electrons. The zero-order valence-electron chi connectivity index (χ0n) is 9.13. The fourth-order valence-corrected chi connectivity index (χ4v) is 2.20. The van der Waals surface area contributed by atoms with Crippen molar-refractivity contribution in [2.45, 2.75) is 12.7 Å². The van der Waals surface area contributed by atoms with Gasteiger partial charge in [0.25, 0.3) is 5.69 Å². The number of benzene rings is 1. The standard InChI is InChI=1S/C11H15NO3S/c1-9(6-13)7-16-8-10-2-4-11(5-3-10)12(14)15/h2-5,9,13H,6-8H2,1H3. The molecule has 0 radical (unpaired) electrons. The van der Waals surface area contributed by atoms with Crippen molar-refractivity contribution in [2.75, 3.05) is 12.4 Å². The number of thioether (sulfide) groups is 1. The van der Waals surface area contributed by atoms with E-state index >= 15 is 0 Å². The number of nitro groups is 1. The third-order valence-corrected chi connectivity index (χ3v) is 3.47. The minimum absolute atomic E-state index is 0.123. The lowest BCUT2D eigenvalue weighted by Crippen LogP contribution is -2.03. The Labute approximate surface area is 98.8 Å². The number of nitrogens with zero attached hydrogens (tertiary/aromatic N) is 1. The first-order valence-electron chi connectivity index (χ1n) is 5.05. The molecule has 0 amide bonds. The van der Waals surface area contributed by atoms with Crippen LogP contribution in [0.3, 0.4) is 0 Å². The topological polar surface area (TPSA) is 63.4 Å². The molecule has 1 rings (SSSR count). The molecule has 5 heteroatoms. The summed E-state index contributed by atoms with van der Waals surface area (Å²) in [5.41, 5.74) is 1.19. The summed E-state index contributed by atoms with van der Waals surface area (Å²) in [5.74, 6) is 2.01. The highest BCUT2D eigenvalue weighted by Gasteiger charge is 2.04. The summed E-state index contributed by atoms with van der Waals surface area (Å²) in [6.07, 6.45) is 0. The van der Waals surface area contributed by atoms with E-state index in [1.807, 2.05) is 6.92 Å². The Hall–Kier alpha value is -1.07. The average Bonchev–Trinajstić information content (AvgIpc) is 2.29. The van der Waals surface area contributed by atoms with E-state index in [1.54, 1.807) is 23.9 Å². The Bertz CT molecular complexity index is 340. The molecule has 0 heterocycles. The maximum absolute atomic E-state index is 10.4. The fourth-order valence-electron chi connectivity index (χ4n) is 1.14. The first-order chi connectivity index (χ1) is 7.63. The molecule has 0 aliphatic heterocycles. The summed E-state index contributed by atoms with van der Waals surface area (Å²) < 4.78 is 0. The predicted molar refractivity (Wildman–Crippen MR) is 65.5 cm³/mol. The highest BCUT2D eigenvalue weighted by atomic mass is 32.2. The van der Waals surface area contributed by atoms with Gasteiger partial charge in [-0.25, -0.2) is 0 Å². The van der Waals surface area contributed by atoms with Gasteiger partial charge in [-0.1, -0.05) is 19.1 Å². The van der Waals surface area contributed by atoms with Crippen LogP contribution in [0, 0.1) is 16.0 Å². The van der Waals surface area contributed by atoms with Gasteiger partial charge in [-0.3, -0.25) is 10.1 Å². The second-order valence-electron chi connectivity index (χ2n) is 3.73. The van der Waals surface area contributed by atoms with Gasteiger partial charge in [0.05, 0.1) is 4.92 Å². The fraction of sp³-hybridized carbons (Fsp3) is 0.455. The molecular weight excluding hydrogens is 226 g/mol. The van der Waals surface area contributed by atoms with E-state index in [0.29, 0.717) is 5.92 Å². The lowest BCUT2D eigenvalue weighted by atomic mass is 10.2. The average molecular weight is 241 g/mol. The molecule has 4 nitrogen and oxygen atoms in total. The van der Waals surface area contributed by atoms with Crippen molar-refractivity contribution in [3.63, 3.8) is 0 Å². The van der Waals surface area contributed by atoms with Crippen LogP contribution in [0.15, 0.2) is 24.3 Å². The normalized spacial score (nSPS) is 12.4. The molecule has 1 unspecified atom stereocenters. The van der Waals surface area contributed by atoms with Gasteiger partial charge in [-0.05, 0) is 17.2 Å². The van der Waals surface area contributed by atoms with Crippen molar-refractivity contribution >= 4 is 17.4 Å². The number of hydrogen-bond donors (Lipinski definition) is 1. The molecule has 0 fully saturated rings. The number of non-ortho nitro benzene ring substituents is 1. The van der Waals surface area contributed by atoms with Crippen LogP contribution in [-0.4, -0.2) is 22.4 Å². The molecule has 1 N–H and O–H groups in total. The Balaban J connectivity index is 2.40. The summed E-state index contributed by atoms with van der Waals surface area (Å²) in [6, 6.07) is 6.58. The smallest absolute Gasteiger partial charge is 0.269 e. The summed E-state index contributed by atoms with van der Waals surface area (Å²) in [7, 11) is 0. The summed E-state index contributed by atoms with van der Waals surface area (Å²) in [5, 5.41) is 19.3. The van der Waals surface area contributed by atoms with Crippen LogP contribution in [0.4, 0.5) is 5.69 Å². The maximum Gasteiger partial charge on any atom is 0.269 e. The molecule has 0 bridgehead atoms. The van der Waals surface area contributed by atoms with Crippen LogP contribution in [0.2, 0.25) is 0 Å². The van der Waals surface area contributed by atoms with Gasteiger partial charge in [0, 0.05) is 24.5 Å². The van der Waals surface area contributed by atoms with Crippen molar-refractivity contribution in [1.82, 2.24) is 0 Å². The lowest BCUT2D eigenvalue weighted by Gasteiger charge is -2.06. The van der Waals surface area contributed by atoms with E-state index in [-0.39, 0.29) is 12.3 Å². The predicted octanol–water partition coefficient (Wildman–Crippen LogP) is 2.46.